The Kier molecular flexibility index (Phi) is 6.49. The lowest BCUT2D eigenvalue weighted by molar-refractivity contribution is 0.0922. The number of carbonyl (C=O) groups is 1. The number of anilines is 2. The number of rotatable bonds is 5. The number of para-hydroxylation sites is 2. The van der Waals surface area contributed by atoms with Crippen LogP contribution < -0.4 is 15.5 Å². The minimum atomic E-state index is -0.0360. The fourth-order valence-electron chi connectivity index (χ4n) is 4.49. The van der Waals surface area contributed by atoms with E-state index in [1.807, 2.05) is 67.5 Å². The molecule has 2 heterocycles. The van der Waals surface area contributed by atoms with Crippen molar-refractivity contribution in [3.8, 4) is 0 Å². The summed E-state index contributed by atoms with van der Waals surface area (Å²) in [5, 5.41) is 8.82. The molecule has 0 spiro atoms. The molecular weight excluding hydrogens is 412 g/mol. The third-order valence-corrected chi connectivity index (χ3v) is 6.18. The van der Waals surface area contributed by atoms with Crippen LogP contribution in [0.4, 0.5) is 11.8 Å². The van der Waals surface area contributed by atoms with Gasteiger partial charge in [-0.2, -0.15) is 4.98 Å². The summed E-state index contributed by atoms with van der Waals surface area (Å²) in [6, 6.07) is 18.4. The van der Waals surface area contributed by atoms with E-state index in [0.29, 0.717) is 17.7 Å². The summed E-state index contributed by atoms with van der Waals surface area (Å²) in [6.07, 6.45) is 3.78. The van der Waals surface area contributed by atoms with Gasteiger partial charge in [-0.15, -0.1) is 0 Å². The first-order valence-electron chi connectivity index (χ1n) is 11.2. The molecule has 1 aliphatic rings. The number of hydrogen-bond acceptors (Lipinski definition) is 5. The second-order valence-corrected chi connectivity index (χ2v) is 8.72. The molecule has 1 aliphatic carbocycles. The third kappa shape index (κ3) is 4.77. The molecule has 5 rings (SSSR count). The standard InChI is InChI=1S/C25H28N6O.CH4/c1-31(2)23-19-8-4-6-10-21(19)29-25(30-23)27-18-13-11-17(12-14-18)26-24(32)22-15-16-7-3-5-9-20(16)28-22;/h3-10,15,17-18,28H,11-14H2,1-2H3,(H,26,32)(H,27,29,30);1H4. The molecule has 1 amide bonds. The van der Waals surface area contributed by atoms with E-state index in [4.69, 9.17) is 9.97 Å². The van der Waals surface area contributed by atoms with E-state index in [2.05, 4.69) is 21.7 Å². The van der Waals surface area contributed by atoms with Crippen LogP contribution in [0.1, 0.15) is 43.6 Å². The van der Waals surface area contributed by atoms with Gasteiger partial charge in [-0.25, -0.2) is 4.98 Å². The number of aromatic nitrogens is 3. The Labute approximate surface area is 194 Å². The summed E-state index contributed by atoms with van der Waals surface area (Å²) in [6.45, 7) is 0. The molecule has 0 saturated heterocycles. The van der Waals surface area contributed by atoms with E-state index in [1.165, 1.54) is 0 Å². The van der Waals surface area contributed by atoms with Gasteiger partial charge in [-0.1, -0.05) is 37.8 Å². The maximum Gasteiger partial charge on any atom is 0.267 e. The maximum atomic E-state index is 12.7. The smallest absolute Gasteiger partial charge is 0.267 e. The zero-order valence-electron chi connectivity index (χ0n) is 18.4. The van der Waals surface area contributed by atoms with Gasteiger partial charge in [0.2, 0.25) is 5.95 Å². The normalized spacial score (nSPS) is 18.0. The Morgan fingerprint density at radius 3 is 2.42 bits per heavy atom. The fraction of sp³-hybridized carbons (Fsp3) is 0.346. The van der Waals surface area contributed by atoms with Crippen molar-refractivity contribution >= 4 is 39.5 Å². The van der Waals surface area contributed by atoms with Gasteiger partial charge in [-0.05, 0) is 49.9 Å². The van der Waals surface area contributed by atoms with E-state index in [1.54, 1.807) is 0 Å². The highest BCUT2D eigenvalue weighted by Crippen LogP contribution is 2.26. The van der Waals surface area contributed by atoms with Gasteiger partial charge >= 0.3 is 0 Å². The first-order chi connectivity index (χ1) is 15.6. The number of benzene rings is 2. The number of fused-ring (bicyclic) bond motifs is 2. The highest BCUT2D eigenvalue weighted by molar-refractivity contribution is 5.98. The predicted octanol–water partition coefficient (Wildman–Crippen LogP) is 4.97. The van der Waals surface area contributed by atoms with Gasteiger partial charge in [0.05, 0.1) is 5.52 Å². The first-order valence-corrected chi connectivity index (χ1v) is 11.2. The van der Waals surface area contributed by atoms with Crippen molar-refractivity contribution in [2.24, 2.45) is 0 Å². The number of nitrogens with zero attached hydrogens (tertiary/aromatic N) is 3. The fourth-order valence-corrected chi connectivity index (χ4v) is 4.49. The third-order valence-electron chi connectivity index (χ3n) is 6.18. The molecule has 7 nitrogen and oxygen atoms in total. The lowest BCUT2D eigenvalue weighted by atomic mass is 9.91. The van der Waals surface area contributed by atoms with Crippen molar-refractivity contribution in [1.29, 1.82) is 0 Å². The van der Waals surface area contributed by atoms with E-state index < -0.39 is 0 Å². The average Bonchev–Trinajstić information content (AvgIpc) is 3.24. The van der Waals surface area contributed by atoms with E-state index in [0.717, 1.165) is 53.3 Å². The van der Waals surface area contributed by atoms with Crippen LogP contribution in [0.2, 0.25) is 0 Å². The van der Waals surface area contributed by atoms with Crippen LogP contribution >= 0.6 is 0 Å². The van der Waals surface area contributed by atoms with Crippen LogP contribution in [0.5, 0.6) is 0 Å². The molecule has 3 N–H and O–H groups in total. The first kappa shape index (κ1) is 22.6. The number of aromatic amines is 1. The van der Waals surface area contributed by atoms with Crippen LogP contribution in [-0.2, 0) is 0 Å². The summed E-state index contributed by atoms with van der Waals surface area (Å²) in [5.41, 5.74) is 2.54. The van der Waals surface area contributed by atoms with Crippen LogP contribution in [0.3, 0.4) is 0 Å². The van der Waals surface area contributed by atoms with Gasteiger partial charge < -0.3 is 20.5 Å². The second kappa shape index (κ2) is 9.48. The molecule has 172 valence electrons. The molecule has 1 fully saturated rings. The monoisotopic (exact) mass is 444 g/mol. The molecule has 4 aromatic rings. The largest absolute Gasteiger partial charge is 0.362 e. The summed E-state index contributed by atoms with van der Waals surface area (Å²) < 4.78 is 0. The Morgan fingerprint density at radius 2 is 1.67 bits per heavy atom. The Morgan fingerprint density at radius 1 is 0.970 bits per heavy atom. The van der Waals surface area contributed by atoms with Crippen molar-refractivity contribution in [3.63, 3.8) is 0 Å². The Hall–Kier alpha value is -3.61. The van der Waals surface area contributed by atoms with Crippen LogP contribution in [0, 0.1) is 0 Å². The molecule has 0 atom stereocenters. The highest BCUT2D eigenvalue weighted by atomic mass is 16.1. The van der Waals surface area contributed by atoms with Crippen molar-refractivity contribution in [1.82, 2.24) is 20.3 Å². The van der Waals surface area contributed by atoms with Gasteiger partial charge in [0, 0.05) is 42.5 Å². The quantitative estimate of drug-likeness (QED) is 0.405. The molecule has 2 aromatic carbocycles. The Bertz CT molecular complexity index is 1220. The van der Waals surface area contributed by atoms with Crippen molar-refractivity contribution in [2.45, 2.75) is 45.2 Å². The van der Waals surface area contributed by atoms with Crippen molar-refractivity contribution < 1.29 is 4.79 Å². The molecule has 0 radical (unpaired) electrons. The summed E-state index contributed by atoms with van der Waals surface area (Å²) in [5.74, 6) is 1.54. The SMILES string of the molecule is C.CN(C)c1nc(NC2CCC(NC(=O)c3cc4ccccc4[nH]3)CC2)nc2ccccc12. The number of carbonyl (C=O) groups excluding carboxylic acids is 1. The van der Waals surface area contributed by atoms with Crippen molar-refractivity contribution in [3.05, 3.63) is 60.3 Å². The van der Waals surface area contributed by atoms with Gasteiger partial charge in [-0.3, -0.25) is 4.79 Å². The topological polar surface area (TPSA) is 85.9 Å². The molecule has 0 unspecified atom stereocenters. The number of hydrogen-bond donors (Lipinski definition) is 3. The maximum absolute atomic E-state index is 12.7. The number of H-pyrrole nitrogens is 1. The zero-order valence-corrected chi connectivity index (χ0v) is 18.4. The lowest BCUT2D eigenvalue weighted by Gasteiger charge is -2.29. The van der Waals surface area contributed by atoms with Crippen LogP contribution in [0.25, 0.3) is 21.8 Å². The van der Waals surface area contributed by atoms with E-state index >= 15 is 0 Å². The molecule has 33 heavy (non-hydrogen) atoms. The van der Waals surface area contributed by atoms with Crippen LogP contribution in [-0.4, -0.2) is 47.0 Å². The predicted molar refractivity (Wildman–Crippen MR) is 136 cm³/mol. The molecule has 7 heteroatoms. The molecular formula is C26H32N6O. The second-order valence-electron chi connectivity index (χ2n) is 8.72. The number of amides is 1. The van der Waals surface area contributed by atoms with Gasteiger partial charge in [0.15, 0.2) is 0 Å². The summed E-state index contributed by atoms with van der Waals surface area (Å²) >= 11 is 0. The molecule has 2 aromatic heterocycles. The molecule has 0 aliphatic heterocycles. The van der Waals surface area contributed by atoms with E-state index in [-0.39, 0.29) is 19.4 Å². The minimum absolute atomic E-state index is 0. The molecule has 0 bridgehead atoms. The average molecular weight is 445 g/mol. The molecule has 1 saturated carbocycles. The van der Waals surface area contributed by atoms with Gasteiger partial charge in [0.25, 0.3) is 5.91 Å². The lowest BCUT2D eigenvalue weighted by Crippen LogP contribution is -2.40. The van der Waals surface area contributed by atoms with Crippen molar-refractivity contribution in [2.75, 3.05) is 24.3 Å². The van der Waals surface area contributed by atoms with Gasteiger partial charge in [0.1, 0.15) is 11.5 Å². The Balaban J connectivity index is 0.00000259. The number of nitrogens with one attached hydrogen (secondary N) is 3. The zero-order chi connectivity index (χ0) is 22.1. The highest BCUT2D eigenvalue weighted by Gasteiger charge is 2.24. The summed E-state index contributed by atoms with van der Waals surface area (Å²) in [7, 11) is 4.00. The van der Waals surface area contributed by atoms with Crippen LogP contribution in [0.15, 0.2) is 54.6 Å². The summed E-state index contributed by atoms with van der Waals surface area (Å²) in [4.78, 5) is 27.4. The van der Waals surface area contributed by atoms with E-state index in [9.17, 15) is 4.79 Å². The minimum Gasteiger partial charge on any atom is -0.362 e.